The predicted molar refractivity (Wildman–Crippen MR) is 141 cm³/mol. The van der Waals surface area contributed by atoms with E-state index in [0.29, 0.717) is 11.1 Å². The normalized spacial score (nSPS) is 11.2. The number of hydrogen-bond acceptors (Lipinski definition) is 2. The van der Waals surface area contributed by atoms with Crippen LogP contribution in [-0.2, 0) is 13.1 Å². The zero-order valence-corrected chi connectivity index (χ0v) is 20.3. The molecule has 0 unspecified atom stereocenters. The number of hydrogen-bond donors (Lipinski definition) is 0. The number of benzene rings is 4. The number of aryl methyl sites for hydroxylation is 2. The molecule has 0 saturated heterocycles. The van der Waals surface area contributed by atoms with Crippen LogP contribution in [0.15, 0.2) is 122 Å². The van der Waals surface area contributed by atoms with E-state index in [2.05, 4.69) is 9.13 Å². The van der Waals surface area contributed by atoms with E-state index in [1.54, 1.807) is 9.13 Å². The minimum atomic E-state index is -0.0487. The van der Waals surface area contributed by atoms with Crippen molar-refractivity contribution in [2.24, 2.45) is 0 Å². The van der Waals surface area contributed by atoms with Crippen LogP contribution in [0.25, 0.3) is 22.1 Å². The number of carbonyl (C=O) groups is 2. The maximum atomic E-state index is 13.2. The van der Waals surface area contributed by atoms with Crippen molar-refractivity contribution >= 4 is 33.9 Å². The van der Waals surface area contributed by atoms with Crippen molar-refractivity contribution in [1.29, 1.82) is 0 Å². The first kappa shape index (κ1) is 22.6. The Morgan fingerprint density at radius 2 is 0.892 bits per heavy atom. The number of carbonyl (C=O) groups excluding carboxylic acids is 2. The minimum Gasteiger partial charge on any atom is -0.240 e. The summed E-state index contributed by atoms with van der Waals surface area (Å²) in [5, 5.41) is 0. The number of imidazole rings is 2. The first-order valence-corrected chi connectivity index (χ1v) is 12.4. The largest absolute Gasteiger partial charge is 0.346 e. The van der Waals surface area contributed by atoms with E-state index >= 15 is 0 Å². The summed E-state index contributed by atoms with van der Waals surface area (Å²) >= 11 is 0. The maximum absolute atomic E-state index is 13.2. The molecule has 0 fully saturated rings. The molecule has 6 aromatic rings. The molecular weight excluding hydrogens is 460 g/mol. The van der Waals surface area contributed by atoms with Crippen LogP contribution in [0.4, 0.5) is 0 Å². The molecular formula is C31H26N4O2+2. The molecule has 6 rings (SSSR count). The molecule has 6 nitrogen and oxygen atoms in total. The van der Waals surface area contributed by atoms with Crippen LogP contribution in [0.2, 0.25) is 0 Å². The topological polar surface area (TPSA) is 51.8 Å². The number of aromatic nitrogens is 4. The molecule has 37 heavy (non-hydrogen) atoms. The van der Waals surface area contributed by atoms with Crippen LogP contribution in [0.3, 0.4) is 0 Å². The molecule has 0 saturated carbocycles. The second kappa shape index (κ2) is 9.66. The van der Waals surface area contributed by atoms with Gasteiger partial charge in [-0.3, -0.25) is 0 Å². The van der Waals surface area contributed by atoms with Gasteiger partial charge >= 0.3 is 11.8 Å². The third-order valence-corrected chi connectivity index (χ3v) is 6.69. The fourth-order valence-corrected chi connectivity index (χ4v) is 4.88. The number of rotatable bonds is 6. The predicted octanol–water partition coefficient (Wildman–Crippen LogP) is 4.64. The Morgan fingerprint density at radius 1 is 0.514 bits per heavy atom. The van der Waals surface area contributed by atoms with Gasteiger partial charge in [-0.1, -0.05) is 60.7 Å². The smallest absolute Gasteiger partial charge is 0.240 e. The molecule has 0 aliphatic rings. The first-order chi connectivity index (χ1) is 18.2. The van der Waals surface area contributed by atoms with E-state index in [4.69, 9.17) is 0 Å². The average Bonchev–Trinajstić information content (AvgIpc) is 3.52. The standard InChI is InChI=1S/C31H26N4O2/c36-30(24-12-3-1-4-13-24)34-22-32(26-16-7-9-18-28(26)34)20-11-21-33-23-35(29-19-10-8-17-27(29)33)31(37)25-14-5-2-6-15-25/h1-10,12-19,22-23H,11,20-21H2/q+2. The fourth-order valence-electron chi connectivity index (χ4n) is 4.88. The number of nitrogens with zero attached hydrogens (tertiary/aromatic N) is 4. The van der Waals surface area contributed by atoms with E-state index < -0.39 is 0 Å². The minimum absolute atomic E-state index is 0.0487. The summed E-state index contributed by atoms with van der Waals surface area (Å²) in [6.45, 7) is 1.46. The Labute approximate surface area is 214 Å². The van der Waals surface area contributed by atoms with E-state index in [0.717, 1.165) is 41.6 Å². The molecule has 0 atom stereocenters. The van der Waals surface area contributed by atoms with Gasteiger partial charge in [0.1, 0.15) is 0 Å². The van der Waals surface area contributed by atoms with Crippen molar-refractivity contribution in [2.75, 3.05) is 0 Å². The van der Waals surface area contributed by atoms with E-state index in [9.17, 15) is 9.59 Å². The number of fused-ring (bicyclic) bond motifs is 2. The summed E-state index contributed by atoms with van der Waals surface area (Å²) in [6, 6.07) is 34.6. The molecule has 2 aromatic heterocycles. The van der Waals surface area contributed by atoms with Gasteiger partial charge < -0.3 is 0 Å². The van der Waals surface area contributed by atoms with Crippen LogP contribution >= 0.6 is 0 Å². The van der Waals surface area contributed by atoms with E-state index in [1.165, 1.54) is 0 Å². The van der Waals surface area contributed by atoms with Crippen LogP contribution in [0, 0.1) is 0 Å². The van der Waals surface area contributed by atoms with Crippen molar-refractivity contribution in [3.05, 3.63) is 133 Å². The van der Waals surface area contributed by atoms with Crippen molar-refractivity contribution in [1.82, 2.24) is 9.13 Å². The molecule has 6 heteroatoms. The average molecular weight is 487 g/mol. The lowest BCUT2D eigenvalue weighted by Gasteiger charge is -1.98. The van der Waals surface area contributed by atoms with E-state index in [1.807, 2.05) is 122 Å². The van der Waals surface area contributed by atoms with Gasteiger partial charge in [-0.2, -0.15) is 9.13 Å². The summed E-state index contributed by atoms with van der Waals surface area (Å²) in [6.07, 6.45) is 4.62. The summed E-state index contributed by atoms with van der Waals surface area (Å²) in [4.78, 5) is 26.4. The SMILES string of the molecule is O=C(c1ccccc1)n1c[n+](CCC[n+]2cn(C(=O)c3ccccc3)c3ccccc32)c2ccccc21. The first-order valence-electron chi connectivity index (χ1n) is 12.4. The van der Waals surface area contributed by atoms with Gasteiger partial charge in [0.05, 0.1) is 24.2 Å². The Bertz CT molecular complexity index is 1600. The lowest BCUT2D eigenvalue weighted by molar-refractivity contribution is -0.702. The molecule has 0 N–H and O–H groups in total. The quantitative estimate of drug-likeness (QED) is 0.322. The number of para-hydroxylation sites is 4. The summed E-state index contributed by atoms with van der Waals surface area (Å²) in [7, 11) is 0. The van der Waals surface area contributed by atoms with Crippen molar-refractivity contribution in [2.45, 2.75) is 19.5 Å². The Kier molecular flexibility index (Phi) is 5.91. The van der Waals surface area contributed by atoms with Crippen molar-refractivity contribution < 1.29 is 18.7 Å². The highest BCUT2D eigenvalue weighted by Crippen LogP contribution is 2.15. The lowest BCUT2D eigenvalue weighted by Crippen LogP contribution is -2.38. The van der Waals surface area contributed by atoms with Gasteiger partial charge in [0.2, 0.25) is 0 Å². The monoisotopic (exact) mass is 486 g/mol. The zero-order valence-electron chi connectivity index (χ0n) is 20.3. The van der Waals surface area contributed by atoms with Gasteiger partial charge in [0.25, 0.3) is 12.7 Å². The van der Waals surface area contributed by atoms with Crippen molar-refractivity contribution in [3.63, 3.8) is 0 Å². The maximum Gasteiger partial charge on any atom is 0.346 e. The molecule has 0 aliphatic heterocycles. The van der Waals surface area contributed by atoms with Gasteiger partial charge in [-0.05, 0) is 48.5 Å². The molecule has 0 aliphatic carbocycles. The molecule has 0 amide bonds. The van der Waals surface area contributed by atoms with Crippen LogP contribution in [-0.4, -0.2) is 20.9 Å². The summed E-state index contributed by atoms with van der Waals surface area (Å²) < 4.78 is 7.71. The molecule has 2 heterocycles. The van der Waals surface area contributed by atoms with Crippen LogP contribution in [0.5, 0.6) is 0 Å². The third-order valence-electron chi connectivity index (χ3n) is 6.69. The highest BCUT2D eigenvalue weighted by molar-refractivity contribution is 6.01. The Morgan fingerprint density at radius 3 is 1.32 bits per heavy atom. The van der Waals surface area contributed by atoms with Crippen LogP contribution in [0.1, 0.15) is 27.1 Å². The van der Waals surface area contributed by atoms with Gasteiger partial charge in [-0.15, -0.1) is 0 Å². The highest BCUT2D eigenvalue weighted by atomic mass is 16.2. The third kappa shape index (κ3) is 4.23. The van der Waals surface area contributed by atoms with Gasteiger partial charge in [0.15, 0.2) is 22.1 Å². The summed E-state index contributed by atoms with van der Waals surface area (Å²) in [5.74, 6) is -0.0974. The molecule has 180 valence electrons. The van der Waals surface area contributed by atoms with Gasteiger partial charge in [0, 0.05) is 6.42 Å². The molecule has 0 bridgehead atoms. The molecule has 4 aromatic carbocycles. The van der Waals surface area contributed by atoms with Crippen molar-refractivity contribution in [3.8, 4) is 0 Å². The fraction of sp³-hybridized carbons (Fsp3) is 0.0968. The highest BCUT2D eigenvalue weighted by Gasteiger charge is 2.24. The van der Waals surface area contributed by atoms with E-state index in [-0.39, 0.29) is 11.8 Å². The summed E-state index contributed by atoms with van der Waals surface area (Å²) in [5.41, 5.74) is 5.10. The second-order valence-electron chi connectivity index (χ2n) is 9.03. The van der Waals surface area contributed by atoms with Gasteiger partial charge in [-0.25, -0.2) is 18.7 Å². The van der Waals surface area contributed by atoms with Crippen LogP contribution < -0.4 is 9.13 Å². The molecule has 0 radical (unpaired) electrons. The Hall–Kier alpha value is -4.84. The zero-order chi connectivity index (χ0) is 25.2. The Balaban J connectivity index is 1.27. The molecule has 0 spiro atoms. The lowest BCUT2D eigenvalue weighted by atomic mass is 10.2. The second-order valence-corrected chi connectivity index (χ2v) is 9.03.